The van der Waals surface area contributed by atoms with E-state index in [1.54, 1.807) is 6.21 Å². The topological polar surface area (TPSA) is 49.7 Å². The molecule has 0 unspecified atom stereocenters. The standard InChI is InChI=1S/C26H20N2O2/c29-24-22-20-9-10-21(26(20)11-12-26)23(22)25(30)28(24)27-14-19-17-7-3-1-5-15(17)13-16-6-2-4-8-18(16)19/h1-10,13-14,20-23H,11-12H2/b27-14-/t20-,21+,22-,23-/m0/s1. The van der Waals surface area contributed by atoms with Crippen LogP contribution in [0.3, 0.4) is 0 Å². The molecule has 0 N–H and O–H groups in total. The van der Waals surface area contributed by atoms with Crippen molar-refractivity contribution in [3.63, 3.8) is 0 Å². The number of hydrazone groups is 1. The molecule has 30 heavy (non-hydrogen) atoms. The SMILES string of the molecule is O=C1[C@@H]2[C@@H](C(=O)N1/N=C\c1c3ccccc3cc3ccccc13)[C@@H]1C=C[C@H]2C12CC2. The van der Waals surface area contributed by atoms with Crippen molar-refractivity contribution < 1.29 is 9.59 Å². The van der Waals surface area contributed by atoms with Gasteiger partial charge in [0.25, 0.3) is 11.8 Å². The summed E-state index contributed by atoms with van der Waals surface area (Å²) < 4.78 is 0. The van der Waals surface area contributed by atoms with Crippen molar-refractivity contribution in [1.82, 2.24) is 5.01 Å². The first-order chi connectivity index (χ1) is 14.7. The summed E-state index contributed by atoms with van der Waals surface area (Å²) in [5, 5.41) is 10.0. The van der Waals surface area contributed by atoms with E-state index < -0.39 is 0 Å². The van der Waals surface area contributed by atoms with Crippen LogP contribution in [0.25, 0.3) is 21.5 Å². The van der Waals surface area contributed by atoms with E-state index in [2.05, 4.69) is 47.6 Å². The summed E-state index contributed by atoms with van der Waals surface area (Å²) in [6, 6.07) is 18.5. The van der Waals surface area contributed by atoms with E-state index in [0.717, 1.165) is 45.0 Å². The number of hydrogen-bond donors (Lipinski definition) is 0. The quantitative estimate of drug-likeness (QED) is 0.279. The van der Waals surface area contributed by atoms with Crippen LogP contribution in [0.15, 0.2) is 71.9 Å². The van der Waals surface area contributed by atoms with E-state index in [9.17, 15) is 9.59 Å². The van der Waals surface area contributed by atoms with Gasteiger partial charge < -0.3 is 0 Å². The first-order valence-electron chi connectivity index (χ1n) is 10.7. The van der Waals surface area contributed by atoms with Crippen LogP contribution in [-0.4, -0.2) is 23.0 Å². The number of benzene rings is 3. The Labute approximate surface area is 173 Å². The van der Waals surface area contributed by atoms with Crippen LogP contribution in [0.5, 0.6) is 0 Å². The first kappa shape index (κ1) is 16.5. The van der Waals surface area contributed by atoms with Gasteiger partial charge >= 0.3 is 0 Å². The Morgan fingerprint density at radius 3 is 1.90 bits per heavy atom. The fourth-order valence-electron chi connectivity index (χ4n) is 6.48. The normalized spacial score (nSPS) is 30.5. The van der Waals surface area contributed by atoms with Crippen LogP contribution in [0.1, 0.15) is 18.4 Å². The minimum Gasteiger partial charge on any atom is -0.272 e. The molecule has 4 aliphatic rings. The maximum absolute atomic E-state index is 13.2. The zero-order chi connectivity index (χ0) is 20.0. The van der Waals surface area contributed by atoms with Crippen LogP contribution >= 0.6 is 0 Å². The second-order valence-electron chi connectivity index (χ2n) is 9.19. The van der Waals surface area contributed by atoms with Gasteiger partial charge in [-0.2, -0.15) is 10.1 Å². The molecule has 7 rings (SSSR count). The van der Waals surface area contributed by atoms with E-state index in [-0.39, 0.29) is 40.9 Å². The average molecular weight is 392 g/mol. The third kappa shape index (κ3) is 1.89. The fraction of sp³-hybridized carbons (Fsp3) is 0.269. The van der Waals surface area contributed by atoms with Gasteiger partial charge in [0.05, 0.1) is 18.1 Å². The van der Waals surface area contributed by atoms with Crippen molar-refractivity contribution in [3.8, 4) is 0 Å². The Morgan fingerprint density at radius 2 is 1.37 bits per heavy atom. The second kappa shape index (κ2) is 5.45. The number of imide groups is 1. The molecule has 4 heteroatoms. The predicted molar refractivity (Wildman–Crippen MR) is 116 cm³/mol. The lowest BCUT2D eigenvalue weighted by molar-refractivity contribution is -0.141. The Morgan fingerprint density at radius 1 is 0.833 bits per heavy atom. The molecule has 2 saturated carbocycles. The molecule has 1 aliphatic heterocycles. The lowest BCUT2D eigenvalue weighted by Crippen LogP contribution is -2.30. The number of rotatable bonds is 2. The molecule has 1 saturated heterocycles. The molecule has 4 nitrogen and oxygen atoms in total. The molecular formula is C26H20N2O2. The second-order valence-corrected chi connectivity index (χ2v) is 9.19. The predicted octanol–water partition coefficient (Wildman–Crippen LogP) is 4.52. The van der Waals surface area contributed by atoms with E-state index in [0.29, 0.717) is 0 Å². The van der Waals surface area contributed by atoms with Crippen LogP contribution in [0, 0.1) is 29.1 Å². The maximum atomic E-state index is 13.2. The van der Waals surface area contributed by atoms with Crippen LogP contribution in [-0.2, 0) is 9.59 Å². The van der Waals surface area contributed by atoms with E-state index in [4.69, 9.17) is 0 Å². The number of allylic oxidation sites excluding steroid dienone is 2. The maximum Gasteiger partial charge on any atom is 0.254 e. The highest BCUT2D eigenvalue weighted by atomic mass is 16.2. The molecule has 3 fully saturated rings. The number of nitrogens with zero attached hydrogens (tertiary/aromatic N) is 2. The molecule has 146 valence electrons. The van der Waals surface area contributed by atoms with Gasteiger partial charge in [-0.3, -0.25) is 9.59 Å². The number of carbonyl (C=O) groups excluding carboxylic acids is 2. The van der Waals surface area contributed by atoms with E-state index in [1.807, 2.05) is 24.3 Å². The summed E-state index contributed by atoms with van der Waals surface area (Å²) in [5.41, 5.74) is 1.16. The van der Waals surface area contributed by atoms with Gasteiger partial charge in [-0.1, -0.05) is 60.7 Å². The third-order valence-electron chi connectivity index (χ3n) is 7.94. The molecular weight excluding hydrogens is 372 g/mol. The van der Waals surface area contributed by atoms with Gasteiger partial charge in [0.15, 0.2) is 0 Å². The van der Waals surface area contributed by atoms with Crippen molar-refractivity contribution in [2.75, 3.05) is 0 Å². The summed E-state index contributed by atoms with van der Waals surface area (Å²) >= 11 is 0. The average Bonchev–Trinajstić information content (AvgIpc) is 3.37. The summed E-state index contributed by atoms with van der Waals surface area (Å²) in [4.78, 5) is 26.4. The monoisotopic (exact) mass is 392 g/mol. The number of fused-ring (bicyclic) bond motifs is 5. The molecule has 1 heterocycles. The summed E-state index contributed by atoms with van der Waals surface area (Å²) in [5.74, 6) is -0.208. The van der Waals surface area contributed by atoms with E-state index in [1.165, 1.54) is 0 Å². The molecule has 3 aromatic rings. The minimum absolute atomic E-state index is 0.117. The van der Waals surface area contributed by atoms with Gasteiger partial charge in [-0.25, -0.2) is 0 Å². The lowest BCUT2D eigenvalue weighted by atomic mass is 9.85. The van der Waals surface area contributed by atoms with Crippen molar-refractivity contribution in [2.24, 2.45) is 34.2 Å². The van der Waals surface area contributed by atoms with Gasteiger partial charge in [0.1, 0.15) is 0 Å². The van der Waals surface area contributed by atoms with Crippen molar-refractivity contribution in [1.29, 1.82) is 0 Å². The van der Waals surface area contributed by atoms with Gasteiger partial charge in [-0.15, -0.1) is 0 Å². The summed E-state index contributed by atoms with van der Waals surface area (Å²) in [6.07, 6.45) is 8.39. The van der Waals surface area contributed by atoms with Gasteiger partial charge in [0, 0.05) is 5.56 Å². The largest absolute Gasteiger partial charge is 0.272 e. The van der Waals surface area contributed by atoms with Crippen LogP contribution in [0.4, 0.5) is 0 Å². The molecule has 4 atom stereocenters. The highest BCUT2D eigenvalue weighted by Crippen LogP contribution is 2.73. The minimum atomic E-state index is -0.212. The number of carbonyl (C=O) groups is 2. The zero-order valence-electron chi connectivity index (χ0n) is 16.4. The summed E-state index contributed by atoms with van der Waals surface area (Å²) in [6.45, 7) is 0. The van der Waals surface area contributed by atoms with E-state index >= 15 is 0 Å². The Balaban J connectivity index is 1.32. The molecule has 3 aromatic carbocycles. The molecule has 3 aliphatic carbocycles. The molecule has 2 amide bonds. The highest BCUT2D eigenvalue weighted by molar-refractivity contribution is 6.14. The van der Waals surface area contributed by atoms with Crippen LogP contribution in [0.2, 0.25) is 0 Å². The Bertz CT molecular complexity index is 1250. The smallest absolute Gasteiger partial charge is 0.254 e. The van der Waals surface area contributed by atoms with Gasteiger partial charge in [-0.05, 0) is 57.7 Å². The van der Waals surface area contributed by atoms with Crippen molar-refractivity contribution in [2.45, 2.75) is 12.8 Å². The Kier molecular flexibility index (Phi) is 3.00. The van der Waals surface area contributed by atoms with Crippen molar-refractivity contribution in [3.05, 3.63) is 72.3 Å². The third-order valence-corrected chi connectivity index (χ3v) is 7.94. The molecule has 0 radical (unpaired) electrons. The molecule has 2 bridgehead atoms. The molecule has 1 spiro atoms. The van der Waals surface area contributed by atoms with Gasteiger partial charge in [0.2, 0.25) is 0 Å². The number of amides is 2. The first-order valence-corrected chi connectivity index (χ1v) is 10.7. The van der Waals surface area contributed by atoms with Crippen LogP contribution < -0.4 is 0 Å². The zero-order valence-corrected chi connectivity index (χ0v) is 16.4. The molecule has 0 aromatic heterocycles. The van der Waals surface area contributed by atoms with Crippen molar-refractivity contribution >= 4 is 39.6 Å². The number of hydrogen-bond acceptors (Lipinski definition) is 3. The highest BCUT2D eigenvalue weighted by Gasteiger charge is 2.73. The fourth-order valence-corrected chi connectivity index (χ4v) is 6.48. The summed E-state index contributed by atoms with van der Waals surface area (Å²) in [7, 11) is 0. The lowest BCUT2D eigenvalue weighted by Gasteiger charge is -2.18. The Hall–Kier alpha value is -3.27.